The topological polar surface area (TPSA) is 84.6 Å². The van der Waals surface area contributed by atoms with Gasteiger partial charge in [0.1, 0.15) is 11.4 Å². The van der Waals surface area contributed by atoms with E-state index in [4.69, 9.17) is 9.26 Å². The highest BCUT2D eigenvalue weighted by molar-refractivity contribution is 5.95. The number of carbonyl (C=O) groups excluding carboxylic acids is 1. The number of rotatable bonds is 5. The minimum Gasteiger partial charge on any atom is -0.497 e. The number of fused-ring (bicyclic) bond motifs is 1. The van der Waals surface area contributed by atoms with E-state index < -0.39 is 11.7 Å². The van der Waals surface area contributed by atoms with Gasteiger partial charge in [0.05, 0.1) is 24.7 Å². The number of alkyl halides is 3. The van der Waals surface area contributed by atoms with Crippen molar-refractivity contribution in [3.05, 3.63) is 71.7 Å². The van der Waals surface area contributed by atoms with E-state index in [2.05, 4.69) is 15.1 Å². The van der Waals surface area contributed by atoms with Gasteiger partial charge >= 0.3 is 6.18 Å². The van der Waals surface area contributed by atoms with Crippen LogP contribution in [0.1, 0.15) is 21.9 Å². The number of hydrogen-bond acceptors (Lipinski definition) is 7. The molecule has 0 N–H and O–H groups in total. The lowest BCUT2D eigenvalue weighted by molar-refractivity contribution is -0.137. The molecule has 0 aliphatic carbocycles. The van der Waals surface area contributed by atoms with Gasteiger partial charge in [-0.05, 0) is 36.4 Å². The van der Waals surface area contributed by atoms with Crippen LogP contribution in [0.25, 0.3) is 22.3 Å². The van der Waals surface area contributed by atoms with E-state index in [0.29, 0.717) is 49.8 Å². The van der Waals surface area contributed by atoms with Gasteiger partial charge in [0.25, 0.3) is 5.91 Å². The Hall–Kier alpha value is -3.99. The summed E-state index contributed by atoms with van der Waals surface area (Å²) < 4.78 is 49.4. The largest absolute Gasteiger partial charge is 0.497 e. The lowest BCUT2D eigenvalue weighted by Crippen LogP contribution is -2.48. The molecular weight excluding hydrogens is 475 g/mol. The molecule has 1 saturated heterocycles. The summed E-state index contributed by atoms with van der Waals surface area (Å²) in [5.74, 6) is 0.985. The zero-order chi connectivity index (χ0) is 25.3. The summed E-state index contributed by atoms with van der Waals surface area (Å²) in [4.78, 5) is 25.5. The van der Waals surface area contributed by atoms with E-state index in [1.807, 2.05) is 23.1 Å². The molecule has 5 rings (SSSR count). The predicted molar refractivity (Wildman–Crippen MR) is 124 cm³/mol. The van der Waals surface area contributed by atoms with E-state index in [1.165, 1.54) is 12.1 Å². The van der Waals surface area contributed by atoms with Gasteiger partial charge in [-0.1, -0.05) is 23.4 Å². The molecule has 0 atom stereocenters. The van der Waals surface area contributed by atoms with Crippen molar-refractivity contribution in [2.75, 3.05) is 33.3 Å². The zero-order valence-electron chi connectivity index (χ0n) is 19.3. The summed E-state index contributed by atoms with van der Waals surface area (Å²) >= 11 is 0. The Kier molecular flexibility index (Phi) is 6.31. The third-order valence-corrected chi connectivity index (χ3v) is 6.05. The molecule has 1 amide bonds. The fourth-order valence-corrected chi connectivity index (χ4v) is 4.08. The van der Waals surface area contributed by atoms with Crippen molar-refractivity contribution < 1.29 is 27.2 Å². The predicted octanol–water partition coefficient (Wildman–Crippen LogP) is 4.27. The average molecular weight is 497 g/mol. The number of ether oxygens (including phenoxy) is 1. The Labute approximate surface area is 204 Å². The van der Waals surface area contributed by atoms with Gasteiger partial charge in [-0.15, -0.1) is 0 Å². The first-order valence-electron chi connectivity index (χ1n) is 11.3. The molecule has 1 fully saturated rings. The lowest BCUT2D eigenvalue weighted by atomic mass is 10.1. The Morgan fingerprint density at radius 1 is 1.03 bits per heavy atom. The van der Waals surface area contributed by atoms with Crippen LogP contribution in [0.2, 0.25) is 0 Å². The summed E-state index contributed by atoms with van der Waals surface area (Å²) in [7, 11) is 1.60. The summed E-state index contributed by atoms with van der Waals surface area (Å²) in [6, 6.07) is 13.9. The molecule has 11 heteroatoms. The van der Waals surface area contributed by atoms with E-state index in [0.717, 1.165) is 23.3 Å². The van der Waals surface area contributed by atoms with Crippen molar-refractivity contribution in [2.45, 2.75) is 12.7 Å². The maximum Gasteiger partial charge on any atom is 0.416 e. The smallest absolute Gasteiger partial charge is 0.416 e. The third kappa shape index (κ3) is 5.01. The van der Waals surface area contributed by atoms with Crippen LogP contribution < -0.4 is 4.74 Å². The second-order valence-electron chi connectivity index (χ2n) is 8.41. The van der Waals surface area contributed by atoms with Crippen LogP contribution in [0.15, 0.2) is 59.1 Å². The Balaban J connectivity index is 1.19. The molecule has 0 spiro atoms. The Bertz CT molecular complexity index is 1400. The van der Waals surface area contributed by atoms with E-state index in [-0.39, 0.29) is 17.3 Å². The van der Waals surface area contributed by atoms with Crippen molar-refractivity contribution in [1.29, 1.82) is 0 Å². The number of benzene rings is 2. The highest BCUT2D eigenvalue weighted by Gasteiger charge is 2.31. The molecule has 3 heterocycles. The van der Waals surface area contributed by atoms with E-state index >= 15 is 0 Å². The van der Waals surface area contributed by atoms with Crippen LogP contribution in [0.5, 0.6) is 5.75 Å². The van der Waals surface area contributed by atoms with Crippen molar-refractivity contribution in [1.82, 2.24) is 24.9 Å². The molecule has 4 aromatic rings. The molecule has 186 valence electrons. The molecule has 8 nitrogen and oxygen atoms in total. The quantitative estimate of drug-likeness (QED) is 0.407. The minimum atomic E-state index is -4.45. The van der Waals surface area contributed by atoms with Gasteiger partial charge in [-0.25, -0.2) is 4.98 Å². The fourth-order valence-electron chi connectivity index (χ4n) is 4.08. The molecule has 0 radical (unpaired) electrons. The van der Waals surface area contributed by atoms with Crippen molar-refractivity contribution in [3.63, 3.8) is 0 Å². The van der Waals surface area contributed by atoms with Crippen molar-refractivity contribution in [3.8, 4) is 17.1 Å². The SMILES string of the molecule is COc1ccc2nc(C(=O)N3CCN(Cc4nc(-c5cccc(C(F)(F)F)c5)no4)CC3)ccc2c1. The van der Waals surface area contributed by atoms with Gasteiger partial charge in [-0.3, -0.25) is 9.69 Å². The third-order valence-electron chi connectivity index (χ3n) is 6.05. The monoisotopic (exact) mass is 497 g/mol. The minimum absolute atomic E-state index is 0.102. The average Bonchev–Trinajstić information content (AvgIpc) is 3.36. The molecule has 36 heavy (non-hydrogen) atoms. The van der Waals surface area contributed by atoms with Crippen LogP contribution in [0.4, 0.5) is 13.2 Å². The van der Waals surface area contributed by atoms with E-state index in [1.54, 1.807) is 24.1 Å². The number of halogens is 3. The summed E-state index contributed by atoms with van der Waals surface area (Å²) in [5.41, 5.74) is 0.557. The zero-order valence-corrected chi connectivity index (χ0v) is 19.3. The summed E-state index contributed by atoms with van der Waals surface area (Å²) in [5, 5.41) is 4.72. The first-order chi connectivity index (χ1) is 17.3. The number of aromatic nitrogens is 3. The summed E-state index contributed by atoms with van der Waals surface area (Å²) in [6.45, 7) is 2.49. The molecule has 0 saturated carbocycles. The van der Waals surface area contributed by atoms with Crippen LogP contribution >= 0.6 is 0 Å². The standard InChI is InChI=1S/C25H22F3N5O3/c1-35-19-6-8-20-16(14-19)5-7-21(29-20)24(34)33-11-9-32(10-12-33)15-22-30-23(31-36-22)17-3-2-4-18(13-17)25(26,27)28/h2-8,13-14H,9-12,15H2,1H3. The molecule has 0 unspecified atom stereocenters. The number of methoxy groups -OCH3 is 1. The Morgan fingerprint density at radius 3 is 2.58 bits per heavy atom. The van der Waals surface area contributed by atoms with Gasteiger partial charge in [-0.2, -0.15) is 18.2 Å². The Morgan fingerprint density at radius 2 is 1.83 bits per heavy atom. The van der Waals surface area contributed by atoms with Crippen molar-refractivity contribution >= 4 is 16.8 Å². The number of piperazine rings is 1. The number of pyridine rings is 1. The number of hydrogen-bond donors (Lipinski definition) is 0. The second kappa shape index (κ2) is 9.57. The fraction of sp³-hybridized carbons (Fsp3) is 0.280. The maximum atomic E-state index is 13.0. The number of nitrogens with zero attached hydrogens (tertiary/aromatic N) is 5. The van der Waals surface area contributed by atoms with Gasteiger partial charge in [0.15, 0.2) is 0 Å². The maximum absolute atomic E-state index is 13.0. The van der Waals surface area contributed by atoms with Gasteiger partial charge in [0.2, 0.25) is 11.7 Å². The van der Waals surface area contributed by atoms with Crippen LogP contribution in [0, 0.1) is 0 Å². The van der Waals surface area contributed by atoms with Crippen LogP contribution in [0.3, 0.4) is 0 Å². The molecule has 1 aliphatic heterocycles. The van der Waals surface area contributed by atoms with Crippen LogP contribution in [-0.4, -0.2) is 64.1 Å². The highest BCUT2D eigenvalue weighted by atomic mass is 19.4. The molecule has 2 aromatic carbocycles. The molecule has 0 bridgehead atoms. The first-order valence-corrected chi connectivity index (χ1v) is 11.3. The molecular formula is C25H22F3N5O3. The van der Waals surface area contributed by atoms with Gasteiger partial charge in [0, 0.05) is 37.1 Å². The molecule has 1 aliphatic rings. The van der Waals surface area contributed by atoms with Gasteiger partial charge < -0.3 is 14.2 Å². The second-order valence-corrected chi connectivity index (χ2v) is 8.41. The highest BCUT2D eigenvalue weighted by Crippen LogP contribution is 2.31. The van der Waals surface area contributed by atoms with Crippen molar-refractivity contribution in [2.24, 2.45) is 0 Å². The molecule has 2 aromatic heterocycles. The van der Waals surface area contributed by atoms with E-state index in [9.17, 15) is 18.0 Å². The number of carbonyl (C=O) groups is 1. The van der Waals surface area contributed by atoms with Crippen LogP contribution in [-0.2, 0) is 12.7 Å². The first kappa shape index (κ1) is 23.7. The normalized spacial score (nSPS) is 14.8. The lowest BCUT2D eigenvalue weighted by Gasteiger charge is -2.33. The summed E-state index contributed by atoms with van der Waals surface area (Å²) in [6.07, 6.45) is -4.45. The number of amides is 1.